The van der Waals surface area contributed by atoms with Crippen molar-refractivity contribution in [1.82, 2.24) is 14.9 Å². The van der Waals surface area contributed by atoms with Crippen LogP contribution in [-0.4, -0.2) is 36.7 Å². The zero-order valence-electron chi connectivity index (χ0n) is 11.1. The highest BCUT2D eigenvalue weighted by atomic mass is 15.3. The number of hydrogen-bond donors (Lipinski definition) is 1. The highest BCUT2D eigenvalue weighted by molar-refractivity contribution is 5.32. The fourth-order valence-electron chi connectivity index (χ4n) is 1.76. The number of hydrogen-bond acceptors (Lipinski definition) is 3. The Hall–Kier alpha value is -1.03. The van der Waals surface area contributed by atoms with E-state index in [-0.39, 0.29) is 0 Å². The summed E-state index contributed by atoms with van der Waals surface area (Å²) in [6, 6.07) is 0.461. The highest BCUT2D eigenvalue weighted by Crippen LogP contribution is 2.18. The van der Waals surface area contributed by atoms with Gasteiger partial charge in [0.1, 0.15) is 0 Å². The first-order chi connectivity index (χ1) is 7.56. The molecule has 0 aliphatic heterocycles. The van der Waals surface area contributed by atoms with Crippen LogP contribution in [0.4, 0.5) is 5.95 Å². The fraction of sp³-hybridized carbons (Fsp3) is 0.750. The van der Waals surface area contributed by atoms with Gasteiger partial charge in [-0.2, -0.15) is 0 Å². The first-order valence-corrected chi connectivity index (χ1v) is 5.97. The van der Waals surface area contributed by atoms with Crippen LogP contribution in [0.25, 0.3) is 0 Å². The van der Waals surface area contributed by atoms with Crippen molar-refractivity contribution in [2.45, 2.75) is 33.2 Å². The van der Waals surface area contributed by atoms with Crippen LogP contribution in [0.3, 0.4) is 0 Å². The summed E-state index contributed by atoms with van der Waals surface area (Å²) in [5.74, 6) is 1.07. The van der Waals surface area contributed by atoms with Crippen molar-refractivity contribution in [3.05, 3.63) is 11.9 Å². The van der Waals surface area contributed by atoms with E-state index in [1.54, 1.807) is 0 Å². The number of aromatic nitrogens is 2. The van der Waals surface area contributed by atoms with Gasteiger partial charge >= 0.3 is 0 Å². The minimum Gasteiger partial charge on any atom is -0.345 e. The monoisotopic (exact) mass is 224 g/mol. The van der Waals surface area contributed by atoms with Gasteiger partial charge in [0.25, 0.3) is 0 Å². The van der Waals surface area contributed by atoms with E-state index in [0.29, 0.717) is 6.04 Å². The lowest BCUT2D eigenvalue weighted by atomic mass is 10.4. The van der Waals surface area contributed by atoms with Crippen LogP contribution in [0.5, 0.6) is 0 Å². The lowest BCUT2D eigenvalue weighted by Gasteiger charge is -2.21. The van der Waals surface area contributed by atoms with E-state index >= 15 is 0 Å². The van der Waals surface area contributed by atoms with Crippen LogP contribution >= 0.6 is 0 Å². The molecule has 0 unspecified atom stereocenters. The first-order valence-electron chi connectivity index (χ1n) is 5.97. The van der Waals surface area contributed by atoms with Crippen molar-refractivity contribution in [2.24, 2.45) is 0 Å². The van der Waals surface area contributed by atoms with Crippen LogP contribution in [0.1, 0.15) is 32.0 Å². The number of anilines is 1. The summed E-state index contributed by atoms with van der Waals surface area (Å²) in [5.41, 5.74) is 1.09. The predicted molar refractivity (Wildman–Crippen MR) is 69.2 cm³/mol. The van der Waals surface area contributed by atoms with Crippen LogP contribution in [-0.2, 0) is 0 Å². The third-order valence-corrected chi connectivity index (χ3v) is 2.65. The average Bonchev–Trinajstić information content (AvgIpc) is 2.61. The van der Waals surface area contributed by atoms with E-state index in [4.69, 9.17) is 0 Å². The van der Waals surface area contributed by atoms with Crippen molar-refractivity contribution in [3.63, 3.8) is 0 Å². The summed E-state index contributed by atoms with van der Waals surface area (Å²) in [6.45, 7) is 8.50. The fourth-order valence-corrected chi connectivity index (χ4v) is 1.76. The van der Waals surface area contributed by atoms with Crippen molar-refractivity contribution in [2.75, 3.05) is 32.1 Å². The first kappa shape index (κ1) is 13.0. The van der Waals surface area contributed by atoms with E-state index < -0.39 is 0 Å². The summed E-state index contributed by atoms with van der Waals surface area (Å²) < 4.78 is 2.23. The van der Waals surface area contributed by atoms with Crippen molar-refractivity contribution in [3.8, 4) is 0 Å². The molecule has 0 saturated heterocycles. The Labute approximate surface area is 98.7 Å². The van der Waals surface area contributed by atoms with Crippen LogP contribution in [0, 0.1) is 6.92 Å². The minimum atomic E-state index is 0.461. The Morgan fingerprint density at radius 2 is 2.19 bits per heavy atom. The Bertz CT molecular complexity index is 317. The Balaban J connectivity index is 2.70. The second-order valence-electron chi connectivity index (χ2n) is 4.56. The minimum absolute atomic E-state index is 0.461. The van der Waals surface area contributed by atoms with E-state index in [1.165, 1.54) is 0 Å². The normalized spacial score (nSPS) is 11.1. The largest absolute Gasteiger partial charge is 0.345 e. The van der Waals surface area contributed by atoms with Crippen LogP contribution in [0.2, 0.25) is 0 Å². The standard InChI is InChI=1S/C12H24N4/c1-10(2)16-9-11(3)14-12(16)15(5)8-6-7-13-4/h9-10,13H,6-8H2,1-5H3. The lowest BCUT2D eigenvalue weighted by Crippen LogP contribution is -2.25. The molecule has 1 aromatic rings. The Morgan fingerprint density at radius 1 is 1.50 bits per heavy atom. The molecule has 1 heterocycles. The Morgan fingerprint density at radius 3 is 2.75 bits per heavy atom. The number of imidazole rings is 1. The molecule has 1 rings (SSSR count). The van der Waals surface area contributed by atoms with Gasteiger partial charge in [-0.3, -0.25) is 0 Å². The quantitative estimate of drug-likeness (QED) is 0.748. The molecule has 0 fully saturated rings. The van der Waals surface area contributed by atoms with Gasteiger partial charge in [-0.05, 0) is 40.8 Å². The van der Waals surface area contributed by atoms with Crippen molar-refractivity contribution < 1.29 is 0 Å². The third kappa shape index (κ3) is 3.23. The molecule has 0 atom stereocenters. The molecule has 16 heavy (non-hydrogen) atoms. The van der Waals surface area contributed by atoms with Crippen molar-refractivity contribution in [1.29, 1.82) is 0 Å². The number of rotatable bonds is 6. The second kappa shape index (κ2) is 5.89. The maximum atomic E-state index is 4.58. The van der Waals surface area contributed by atoms with E-state index in [0.717, 1.165) is 31.2 Å². The van der Waals surface area contributed by atoms with E-state index in [9.17, 15) is 0 Å². The number of aryl methyl sites for hydroxylation is 1. The summed E-state index contributed by atoms with van der Waals surface area (Å²) in [5, 5.41) is 3.16. The molecule has 1 N–H and O–H groups in total. The highest BCUT2D eigenvalue weighted by Gasteiger charge is 2.12. The smallest absolute Gasteiger partial charge is 0.205 e. The molecule has 4 heteroatoms. The molecule has 0 aliphatic carbocycles. The van der Waals surface area contributed by atoms with Gasteiger partial charge in [0.2, 0.25) is 5.95 Å². The van der Waals surface area contributed by atoms with Gasteiger partial charge in [-0.15, -0.1) is 0 Å². The molecule has 0 spiro atoms. The van der Waals surface area contributed by atoms with Gasteiger partial charge in [-0.1, -0.05) is 0 Å². The third-order valence-electron chi connectivity index (χ3n) is 2.65. The molecule has 0 saturated carbocycles. The molecule has 1 aromatic heterocycles. The van der Waals surface area contributed by atoms with Gasteiger partial charge < -0.3 is 14.8 Å². The predicted octanol–water partition coefficient (Wildman–Crippen LogP) is 1.82. The van der Waals surface area contributed by atoms with Gasteiger partial charge in [0.15, 0.2) is 0 Å². The molecule has 0 aromatic carbocycles. The Kier molecular flexibility index (Phi) is 4.80. The van der Waals surface area contributed by atoms with Gasteiger partial charge in [-0.25, -0.2) is 4.98 Å². The molecule has 4 nitrogen and oxygen atoms in total. The summed E-state index contributed by atoms with van der Waals surface area (Å²) in [7, 11) is 4.09. The summed E-state index contributed by atoms with van der Waals surface area (Å²) in [4.78, 5) is 6.81. The molecule has 0 aliphatic rings. The summed E-state index contributed by atoms with van der Waals surface area (Å²) in [6.07, 6.45) is 3.26. The topological polar surface area (TPSA) is 33.1 Å². The number of nitrogens with one attached hydrogen (secondary N) is 1. The van der Waals surface area contributed by atoms with Gasteiger partial charge in [0, 0.05) is 25.8 Å². The van der Waals surface area contributed by atoms with Crippen LogP contribution < -0.4 is 10.2 Å². The van der Waals surface area contributed by atoms with Crippen molar-refractivity contribution >= 4 is 5.95 Å². The second-order valence-corrected chi connectivity index (χ2v) is 4.56. The maximum absolute atomic E-state index is 4.58. The van der Waals surface area contributed by atoms with E-state index in [1.807, 2.05) is 14.0 Å². The molecule has 92 valence electrons. The zero-order chi connectivity index (χ0) is 12.1. The van der Waals surface area contributed by atoms with E-state index in [2.05, 4.69) is 46.9 Å². The molecular formula is C12H24N4. The molecule has 0 radical (unpaired) electrons. The lowest BCUT2D eigenvalue weighted by molar-refractivity contribution is 0.587. The number of nitrogens with zero attached hydrogens (tertiary/aromatic N) is 3. The molecule has 0 amide bonds. The van der Waals surface area contributed by atoms with Gasteiger partial charge in [0.05, 0.1) is 5.69 Å². The SMILES string of the molecule is CNCCCN(C)c1nc(C)cn1C(C)C. The maximum Gasteiger partial charge on any atom is 0.205 e. The molecule has 0 bridgehead atoms. The van der Waals surface area contributed by atoms with Crippen LogP contribution in [0.15, 0.2) is 6.20 Å². The zero-order valence-corrected chi connectivity index (χ0v) is 11.1. The summed E-state index contributed by atoms with van der Waals surface area (Å²) >= 11 is 0. The molecular weight excluding hydrogens is 200 g/mol. The average molecular weight is 224 g/mol.